The summed E-state index contributed by atoms with van der Waals surface area (Å²) in [7, 11) is 0. The van der Waals surface area contributed by atoms with E-state index in [0.717, 1.165) is 37.7 Å². The number of carbonyl (C=O) groups is 4. The number of allylic oxidation sites excluding steroid dienone is 2. The van der Waals surface area contributed by atoms with Gasteiger partial charge in [-0.25, -0.2) is 0 Å². The van der Waals surface area contributed by atoms with Crippen LogP contribution < -0.4 is 16.0 Å². The average Bonchev–Trinajstić information content (AvgIpc) is 3.43. The Hall–Kier alpha value is -3.65. The zero-order valence-corrected chi connectivity index (χ0v) is 24.1. The summed E-state index contributed by atoms with van der Waals surface area (Å²) in [5.74, 6) is -1.06. The predicted molar refractivity (Wildman–Crippen MR) is 159 cm³/mol. The van der Waals surface area contributed by atoms with Crippen LogP contribution in [0.1, 0.15) is 67.3 Å². The normalized spacial score (nSPS) is 23.9. The number of rotatable bonds is 4. The van der Waals surface area contributed by atoms with Crippen LogP contribution in [-0.4, -0.2) is 59.7 Å². The van der Waals surface area contributed by atoms with E-state index < -0.39 is 18.0 Å². The summed E-state index contributed by atoms with van der Waals surface area (Å²) < 4.78 is 0. The summed E-state index contributed by atoms with van der Waals surface area (Å²) in [4.78, 5) is 55.1. The number of halogens is 1. The average molecular weight is 579 g/mol. The van der Waals surface area contributed by atoms with Gasteiger partial charge in [-0.05, 0) is 74.8 Å². The van der Waals surface area contributed by atoms with Crippen molar-refractivity contribution in [2.45, 2.75) is 75.9 Å². The molecule has 0 saturated carbocycles. The smallest absolute Gasteiger partial charge is 0.251 e. The Kier molecular flexibility index (Phi) is 11.4. The number of hydrogen-bond acceptors (Lipinski definition) is 4. The van der Waals surface area contributed by atoms with Crippen molar-refractivity contribution in [2.24, 2.45) is 0 Å². The van der Waals surface area contributed by atoms with Gasteiger partial charge < -0.3 is 20.9 Å². The van der Waals surface area contributed by atoms with Crippen molar-refractivity contribution in [1.82, 2.24) is 20.9 Å². The summed E-state index contributed by atoms with van der Waals surface area (Å²) in [5, 5.41) is 9.35. The number of hydrogen-bond donors (Lipinski definition) is 3. The fraction of sp³-hybridized carbons (Fsp3) is 0.438. The second-order valence-corrected chi connectivity index (χ2v) is 11.1. The largest absolute Gasteiger partial charge is 0.356 e. The van der Waals surface area contributed by atoms with Crippen LogP contribution in [0.3, 0.4) is 0 Å². The quantitative estimate of drug-likeness (QED) is 0.473. The summed E-state index contributed by atoms with van der Waals surface area (Å²) in [6.07, 6.45) is 9.82. The zero-order chi connectivity index (χ0) is 29.0. The summed E-state index contributed by atoms with van der Waals surface area (Å²) in [6.45, 7) is 1.15. The van der Waals surface area contributed by atoms with Gasteiger partial charge in [0, 0.05) is 42.6 Å². The van der Waals surface area contributed by atoms with E-state index in [1.165, 1.54) is 0 Å². The summed E-state index contributed by atoms with van der Waals surface area (Å²) >= 11 is 5.98. The van der Waals surface area contributed by atoms with Gasteiger partial charge in [0.2, 0.25) is 17.7 Å². The van der Waals surface area contributed by atoms with E-state index in [-0.39, 0.29) is 30.2 Å². The minimum absolute atomic E-state index is 0.0556. The van der Waals surface area contributed by atoms with Gasteiger partial charge in [-0.15, -0.1) is 0 Å². The number of nitrogens with one attached hydrogen (secondary N) is 3. The van der Waals surface area contributed by atoms with E-state index in [1.54, 1.807) is 29.2 Å². The lowest BCUT2D eigenvalue weighted by molar-refractivity contribution is -0.138. The molecule has 0 radical (unpaired) electrons. The lowest BCUT2D eigenvalue weighted by Gasteiger charge is -2.30. The first-order chi connectivity index (χ1) is 19.9. The molecule has 0 aliphatic carbocycles. The third-order valence-corrected chi connectivity index (χ3v) is 7.87. The molecule has 1 saturated heterocycles. The SMILES string of the molecule is O=C1C[C@H]2CCCN2C(=O)[C@H](Cc2ccccc2)NC(=O)[C@@H](NC(=O)c2ccc(Cl)cc2)CC/C=C/CCCCN1. The maximum Gasteiger partial charge on any atom is 0.251 e. The van der Waals surface area contributed by atoms with Crippen molar-refractivity contribution >= 4 is 35.2 Å². The molecule has 4 amide bonds. The molecule has 1 fully saturated rings. The Morgan fingerprint density at radius 1 is 0.927 bits per heavy atom. The maximum atomic E-state index is 13.9. The number of amides is 4. The van der Waals surface area contributed by atoms with Gasteiger partial charge in [0.1, 0.15) is 12.1 Å². The van der Waals surface area contributed by atoms with Crippen molar-refractivity contribution in [3.05, 3.63) is 82.9 Å². The lowest BCUT2D eigenvalue weighted by Crippen LogP contribution is -2.56. The summed E-state index contributed by atoms with van der Waals surface area (Å²) in [6, 6.07) is 14.1. The molecule has 2 aliphatic heterocycles. The fourth-order valence-electron chi connectivity index (χ4n) is 5.37. The Bertz CT molecular complexity index is 1220. The Morgan fingerprint density at radius 3 is 2.46 bits per heavy atom. The van der Waals surface area contributed by atoms with Gasteiger partial charge in [-0.2, -0.15) is 0 Å². The van der Waals surface area contributed by atoms with Crippen LogP contribution in [0.2, 0.25) is 5.02 Å². The summed E-state index contributed by atoms with van der Waals surface area (Å²) in [5.41, 5.74) is 1.30. The number of nitrogens with zero attached hydrogens (tertiary/aromatic N) is 1. The number of benzene rings is 2. The minimum Gasteiger partial charge on any atom is -0.356 e. The van der Waals surface area contributed by atoms with E-state index in [0.29, 0.717) is 42.9 Å². The molecular formula is C32H39ClN4O4. The van der Waals surface area contributed by atoms with E-state index >= 15 is 0 Å². The highest BCUT2D eigenvalue weighted by molar-refractivity contribution is 6.30. The Balaban J connectivity index is 1.58. The van der Waals surface area contributed by atoms with Crippen LogP contribution >= 0.6 is 11.6 Å². The third kappa shape index (κ3) is 9.18. The highest BCUT2D eigenvalue weighted by atomic mass is 35.5. The Morgan fingerprint density at radius 2 is 1.68 bits per heavy atom. The molecule has 0 aromatic heterocycles. The third-order valence-electron chi connectivity index (χ3n) is 7.62. The van der Waals surface area contributed by atoms with Gasteiger partial charge >= 0.3 is 0 Å². The molecule has 0 unspecified atom stereocenters. The highest BCUT2D eigenvalue weighted by Crippen LogP contribution is 2.22. The van der Waals surface area contributed by atoms with Gasteiger partial charge in [0.25, 0.3) is 5.91 Å². The maximum absolute atomic E-state index is 13.9. The molecule has 2 heterocycles. The highest BCUT2D eigenvalue weighted by Gasteiger charge is 2.36. The van der Waals surface area contributed by atoms with Crippen LogP contribution in [-0.2, 0) is 20.8 Å². The van der Waals surface area contributed by atoms with Crippen LogP contribution in [0.15, 0.2) is 66.7 Å². The topological polar surface area (TPSA) is 108 Å². The second-order valence-electron chi connectivity index (χ2n) is 10.7. The van der Waals surface area contributed by atoms with Gasteiger partial charge in [0.15, 0.2) is 0 Å². The molecule has 2 aliphatic rings. The van der Waals surface area contributed by atoms with E-state index in [1.807, 2.05) is 36.4 Å². The van der Waals surface area contributed by atoms with Crippen LogP contribution in [0, 0.1) is 0 Å². The molecule has 218 valence electrons. The molecule has 3 N–H and O–H groups in total. The predicted octanol–water partition coefficient (Wildman–Crippen LogP) is 4.18. The first-order valence-corrected chi connectivity index (χ1v) is 14.9. The van der Waals surface area contributed by atoms with Crippen molar-refractivity contribution in [2.75, 3.05) is 13.1 Å². The first kappa shape index (κ1) is 30.3. The molecule has 0 bridgehead atoms. The second kappa shape index (κ2) is 15.4. The molecule has 41 heavy (non-hydrogen) atoms. The number of carbonyl (C=O) groups excluding carboxylic acids is 4. The molecule has 9 heteroatoms. The first-order valence-electron chi connectivity index (χ1n) is 14.5. The molecular weight excluding hydrogens is 540 g/mol. The lowest BCUT2D eigenvalue weighted by atomic mass is 10.0. The van der Waals surface area contributed by atoms with Crippen LogP contribution in [0.25, 0.3) is 0 Å². The fourth-order valence-corrected chi connectivity index (χ4v) is 5.50. The van der Waals surface area contributed by atoms with Gasteiger partial charge in [-0.1, -0.05) is 54.1 Å². The van der Waals surface area contributed by atoms with Crippen molar-refractivity contribution in [3.63, 3.8) is 0 Å². The van der Waals surface area contributed by atoms with Crippen molar-refractivity contribution < 1.29 is 19.2 Å². The van der Waals surface area contributed by atoms with Crippen LogP contribution in [0.5, 0.6) is 0 Å². The van der Waals surface area contributed by atoms with Crippen LogP contribution in [0.4, 0.5) is 0 Å². The monoisotopic (exact) mass is 578 g/mol. The van der Waals surface area contributed by atoms with Crippen molar-refractivity contribution in [3.8, 4) is 0 Å². The van der Waals surface area contributed by atoms with Gasteiger partial charge in [-0.3, -0.25) is 19.2 Å². The molecule has 2 aromatic rings. The standard InChI is InChI=1S/C32H39ClN4O4/c33-25-17-15-24(16-18-25)30(39)35-27-14-8-3-1-2-4-9-19-34-29(38)22-26-13-10-20-37(26)32(41)28(36-31(27)40)21-23-11-6-5-7-12-23/h1,3,5-7,11-12,15-18,26-28H,2,4,8-10,13-14,19-22H2,(H,34,38)(H,35,39)(H,36,40)/b3-1+/t26-,27+,28+/m1/s1. The van der Waals surface area contributed by atoms with Crippen molar-refractivity contribution in [1.29, 1.82) is 0 Å². The molecule has 8 nitrogen and oxygen atoms in total. The van der Waals surface area contributed by atoms with E-state index in [4.69, 9.17) is 11.6 Å². The molecule has 0 spiro atoms. The van der Waals surface area contributed by atoms with Gasteiger partial charge in [0.05, 0.1) is 0 Å². The van der Waals surface area contributed by atoms with E-state index in [9.17, 15) is 19.2 Å². The number of fused-ring (bicyclic) bond motifs is 1. The minimum atomic E-state index is -0.840. The zero-order valence-electron chi connectivity index (χ0n) is 23.3. The Labute approximate surface area is 246 Å². The molecule has 4 rings (SSSR count). The molecule has 2 aromatic carbocycles. The molecule has 3 atom stereocenters. The van der Waals surface area contributed by atoms with E-state index in [2.05, 4.69) is 22.0 Å².